The van der Waals surface area contributed by atoms with Crippen LogP contribution in [-0.4, -0.2) is 19.0 Å². The molecule has 1 aromatic carbocycles. The first kappa shape index (κ1) is 18.3. The largest absolute Gasteiger partial charge is 0.355 e. The monoisotopic (exact) mass is 330 g/mol. The molecule has 0 spiro atoms. The van der Waals surface area contributed by atoms with Crippen molar-refractivity contribution < 1.29 is 4.79 Å². The minimum Gasteiger partial charge on any atom is -0.355 e. The van der Waals surface area contributed by atoms with Crippen molar-refractivity contribution in [3.63, 3.8) is 0 Å². The molecule has 3 N–H and O–H groups in total. The molecule has 0 aromatic heterocycles. The van der Waals surface area contributed by atoms with Crippen LogP contribution in [0.3, 0.4) is 0 Å². The molecule has 0 saturated heterocycles. The summed E-state index contributed by atoms with van der Waals surface area (Å²) >= 11 is 12.1. The second-order valence-corrected chi connectivity index (χ2v) is 5.98. The Morgan fingerprint density at radius 1 is 1.19 bits per heavy atom. The number of nitrogens with one attached hydrogen (secondary N) is 1. The van der Waals surface area contributed by atoms with E-state index in [-0.39, 0.29) is 5.91 Å². The lowest BCUT2D eigenvalue weighted by Gasteiger charge is -2.31. The van der Waals surface area contributed by atoms with E-state index in [2.05, 4.69) is 5.32 Å². The first-order chi connectivity index (χ1) is 10.0. The third-order valence-corrected chi connectivity index (χ3v) is 4.77. The summed E-state index contributed by atoms with van der Waals surface area (Å²) in [6, 6.07) is 5.44. The molecule has 0 heterocycles. The van der Waals surface area contributed by atoms with E-state index in [1.54, 1.807) is 12.1 Å². The number of rotatable bonds is 8. The Balaban J connectivity index is 2.95. The van der Waals surface area contributed by atoms with Crippen molar-refractivity contribution in [1.29, 1.82) is 0 Å². The molecule has 1 rings (SSSR count). The van der Waals surface area contributed by atoms with Crippen molar-refractivity contribution in [1.82, 2.24) is 5.32 Å². The van der Waals surface area contributed by atoms with E-state index in [1.807, 2.05) is 19.9 Å². The van der Waals surface area contributed by atoms with E-state index in [9.17, 15) is 4.79 Å². The van der Waals surface area contributed by atoms with E-state index in [1.165, 1.54) is 0 Å². The van der Waals surface area contributed by atoms with Gasteiger partial charge >= 0.3 is 0 Å². The van der Waals surface area contributed by atoms with Crippen molar-refractivity contribution >= 4 is 29.1 Å². The van der Waals surface area contributed by atoms with Crippen molar-refractivity contribution in [2.45, 2.75) is 44.9 Å². The van der Waals surface area contributed by atoms with Crippen molar-refractivity contribution in [2.24, 2.45) is 5.73 Å². The summed E-state index contributed by atoms with van der Waals surface area (Å²) in [4.78, 5) is 12.7. The number of carbonyl (C=O) groups excluding carboxylic acids is 1. The van der Waals surface area contributed by atoms with Gasteiger partial charge in [-0.05, 0) is 49.9 Å². The minimum absolute atomic E-state index is 0.0444. The van der Waals surface area contributed by atoms with Crippen LogP contribution in [0.1, 0.15) is 45.1 Å². The molecule has 0 saturated carbocycles. The van der Waals surface area contributed by atoms with E-state index in [0.717, 1.165) is 18.4 Å². The fraction of sp³-hybridized carbons (Fsp3) is 0.562. The zero-order valence-electron chi connectivity index (χ0n) is 12.7. The van der Waals surface area contributed by atoms with E-state index in [0.29, 0.717) is 36.0 Å². The summed E-state index contributed by atoms with van der Waals surface area (Å²) < 4.78 is 0. The number of unbranched alkanes of at least 4 members (excludes halogenated alkanes) is 1. The van der Waals surface area contributed by atoms with Gasteiger partial charge in [-0.25, -0.2) is 0 Å². The average molecular weight is 331 g/mol. The van der Waals surface area contributed by atoms with Gasteiger partial charge in [-0.1, -0.05) is 43.1 Å². The molecule has 118 valence electrons. The van der Waals surface area contributed by atoms with Crippen LogP contribution in [-0.2, 0) is 10.2 Å². The highest BCUT2D eigenvalue weighted by Crippen LogP contribution is 2.35. The summed E-state index contributed by atoms with van der Waals surface area (Å²) in [5, 5.41) is 4.01. The molecule has 3 nitrogen and oxygen atoms in total. The molecule has 0 aliphatic heterocycles. The molecule has 1 amide bonds. The Bertz CT molecular complexity index is 473. The van der Waals surface area contributed by atoms with E-state index >= 15 is 0 Å². The molecule has 5 heteroatoms. The number of halogens is 2. The Hall–Kier alpha value is -0.770. The number of benzene rings is 1. The topological polar surface area (TPSA) is 55.1 Å². The quantitative estimate of drug-likeness (QED) is 0.710. The van der Waals surface area contributed by atoms with Gasteiger partial charge in [0.25, 0.3) is 0 Å². The van der Waals surface area contributed by atoms with Crippen LogP contribution in [0.25, 0.3) is 0 Å². The van der Waals surface area contributed by atoms with Gasteiger partial charge in [0.05, 0.1) is 15.5 Å². The van der Waals surface area contributed by atoms with Crippen molar-refractivity contribution in [2.75, 3.05) is 13.1 Å². The predicted molar refractivity (Wildman–Crippen MR) is 90.0 cm³/mol. The van der Waals surface area contributed by atoms with Crippen LogP contribution >= 0.6 is 23.2 Å². The molecule has 0 aliphatic rings. The molecule has 0 radical (unpaired) electrons. The summed E-state index contributed by atoms with van der Waals surface area (Å²) in [7, 11) is 0. The van der Waals surface area contributed by atoms with Crippen LogP contribution < -0.4 is 11.1 Å². The number of hydrogen-bond donors (Lipinski definition) is 2. The normalized spacial score (nSPS) is 11.5. The van der Waals surface area contributed by atoms with Gasteiger partial charge in [0.15, 0.2) is 0 Å². The van der Waals surface area contributed by atoms with Crippen LogP contribution in [0.4, 0.5) is 0 Å². The summed E-state index contributed by atoms with van der Waals surface area (Å²) in [6.45, 7) is 5.34. The first-order valence-corrected chi connectivity index (χ1v) is 8.21. The molecule has 0 aliphatic carbocycles. The zero-order valence-corrected chi connectivity index (χ0v) is 14.2. The third-order valence-electron chi connectivity index (χ3n) is 4.03. The smallest absolute Gasteiger partial charge is 0.230 e. The highest BCUT2D eigenvalue weighted by Gasteiger charge is 2.36. The van der Waals surface area contributed by atoms with Gasteiger partial charge in [0.2, 0.25) is 5.91 Å². The fourth-order valence-corrected chi connectivity index (χ4v) is 2.84. The van der Waals surface area contributed by atoms with Crippen LogP contribution in [0.5, 0.6) is 0 Å². The summed E-state index contributed by atoms with van der Waals surface area (Å²) in [6.07, 6.45) is 3.24. The van der Waals surface area contributed by atoms with E-state index < -0.39 is 5.41 Å². The lowest BCUT2D eigenvalue weighted by Crippen LogP contribution is -2.44. The molecule has 1 aromatic rings. The predicted octanol–water partition coefficient (Wildman–Crippen LogP) is 3.91. The second-order valence-electron chi connectivity index (χ2n) is 5.17. The van der Waals surface area contributed by atoms with Gasteiger partial charge in [-0.2, -0.15) is 0 Å². The highest BCUT2D eigenvalue weighted by molar-refractivity contribution is 6.42. The van der Waals surface area contributed by atoms with E-state index in [4.69, 9.17) is 28.9 Å². The van der Waals surface area contributed by atoms with Gasteiger partial charge in [0, 0.05) is 6.54 Å². The minimum atomic E-state index is -0.559. The molecule has 0 bridgehead atoms. The SMILES string of the molecule is CCC(CC)(C(=O)NCCCCN)c1ccc(Cl)c(Cl)c1. The van der Waals surface area contributed by atoms with Crippen LogP contribution in [0.2, 0.25) is 10.0 Å². The average Bonchev–Trinajstić information content (AvgIpc) is 2.49. The molecule has 0 unspecified atom stereocenters. The maximum atomic E-state index is 12.7. The van der Waals surface area contributed by atoms with Crippen molar-refractivity contribution in [3.05, 3.63) is 33.8 Å². The molecule has 0 fully saturated rings. The van der Waals surface area contributed by atoms with Gasteiger partial charge in [-0.3, -0.25) is 4.79 Å². The highest BCUT2D eigenvalue weighted by atomic mass is 35.5. The number of amides is 1. The molecule has 0 atom stereocenters. The third kappa shape index (κ3) is 4.35. The Labute approximate surface area is 137 Å². The Morgan fingerprint density at radius 2 is 1.86 bits per heavy atom. The molecular weight excluding hydrogens is 307 g/mol. The number of nitrogens with two attached hydrogens (primary N) is 1. The maximum absolute atomic E-state index is 12.7. The molecule has 21 heavy (non-hydrogen) atoms. The summed E-state index contributed by atoms with van der Waals surface area (Å²) in [5.41, 5.74) is 5.82. The maximum Gasteiger partial charge on any atom is 0.230 e. The second kappa shape index (κ2) is 8.62. The lowest BCUT2D eigenvalue weighted by atomic mass is 9.75. The molecular formula is C16H24Cl2N2O. The Morgan fingerprint density at radius 3 is 2.38 bits per heavy atom. The Kier molecular flexibility index (Phi) is 7.50. The summed E-state index contributed by atoms with van der Waals surface area (Å²) in [5.74, 6) is 0.0444. The number of carbonyl (C=O) groups is 1. The van der Waals surface area contributed by atoms with Crippen molar-refractivity contribution in [3.8, 4) is 0 Å². The van der Waals surface area contributed by atoms with Crippen LogP contribution in [0.15, 0.2) is 18.2 Å². The number of hydrogen-bond acceptors (Lipinski definition) is 2. The van der Waals surface area contributed by atoms with Gasteiger partial charge < -0.3 is 11.1 Å². The lowest BCUT2D eigenvalue weighted by molar-refractivity contribution is -0.127. The van der Waals surface area contributed by atoms with Gasteiger partial charge in [0.1, 0.15) is 0 Å². The van der Waals surface area contributed by atoms with Gasteiger partial charge in [-0.15, -0.1) is 0 Å². The fourth-order valence-electron chi connectivity index (χ4n) is 2.54. The van der Waals surface area contributed by atoms with Crippen LogP contribution in [0, 0.1) is 0 Å². The first-order valence-electron chi connectivity index (χ1n) is 7.45. The zero-order chi connectivity index (χ0) is 15.9. The standard InChI is InChI=1S/C16H24Cl2N2O/c1-3-16(4-2,15(21)20-10-6-5-9-19)12-7-8-13(17)14(18)11-12/h7-8,11H,3-6,9-10,19H2,1-2H3,(H,20,21).